The first-order valence-corrected chi connectivity index (χ1v) is 7.25. The van der Waals surface area contributed by atoms with E-state index in [1.54, 1.807) is 31.4 Å². The number of aliphatic hydroxyl groups is 3. The Bertz CT molecular complexity index is 484. The maximum Gasteiger partial charge on any atom is 0.119 e. The lowest BCUT2D eigenvalue weighted by Gasteiger charge is -2.10. The van der Waals surface area contributed by atoms with E-state index in [1.165, 1.54) is 0 Å². The molecule has 0 amide bonds. The zero-order chi connectivity index (χ0) is 16.2. The number of rotatable bonds is 10. The summed E-state index contributed by atoms with van der Waals surface area (Å²) in [5.41, 5.74) is 4.65. The lowest BCUT2D eigenvalue weighted by atomic mass is 10.1. The molecule has 0 saturated heterocycles. The van der Waals surface area contributed by atoms with Gasteiger partial charge < -0.3 is 24.8 Å². The van der Waals surface area contributed by atoms with Crippen LogP contribution in [0.1, 0.15) is 24.5 Å². The molecular formula is C17H24O5. The molecule has 0 saturated carbocycles. The molecule has 1 aromatic rings. The van der Waals surface area contributed by atoms with Gasteiger partial charge >= 0.3 is 0 Å². The highest BCUT2D eigenvalue weighted by Crippen LogP contribution is 2.22. The largest absolute Gasteiger partial charge is 0.491 e. The number of methoxy groups -OCH3 is 1. The van der Waals surface area contributed by atoms with Crippen LogP contribution < -0.4 is 4.74 Å². The lowest BCUT2D eigenvalue weighted by Crippen LogP contribution is -2.02. The van der Waals surface area contributed by atoms with Crippen LogP contribution in [0.15, 0.2) is 41.6 Å². The Hall–Kier alpha value is -1.62. The summed E-state index contributed by atoms with van der Waals surface area (Å²) < 4.78 is 10.3. The average molecular weight is 308 g/mol. The third kappa shape index (κ3) is 6.89. The van der Waals surface area contributed by atoms with Crippen molar-refractivity contribution in [2.75, 3.05) is 33.5 Å². The molecule has 0 unspecified atom stereocenters. The van der Waals surface area contributed by atoms with Gasteiger partial charge in [0.05, 0.1) is 19.3 Å². The minimum atomic E-state index is -0.664. The van der Waals surface area contributed by atoms with E-state index >= 15 is 0 Å². The quantitative estimate of drug-likeness (QED) is 0.572. The highest BCUT2D eigenvalue weighted by molar-refractivity contribution is 5.30. The summed E-state index contributed by atoms with van der Waals surface area (Å²) in [5, 5.41) is 27.9. The number of hydrogen-bond acceptors (Lipinski definition) is 5. The molecule has 22 heavy (non-hydrogen) atoms. The number of aliphatic hydroxyl groups excluding tert-OH is 3. The molecule has 5 nitrogen and oxygen atoms in total. The second kappa shape index (κ2) is 11.0. The fraction of sp³-hybridized carbons (Fsp3) is 0.471. The van der Waals surface area contributed by atoms with Crippen molar-refractivity contribution in [1.82, 2.24) is 0 Å². The Morgan fingerprint density at radius 1 is 1.32 bits per heavy atom. The van der Waals surface area contributed by atoms with Crippen molar-refractivity contribution in [1.29, 1.82) is 0 Å². The normalized spacial score (nSPS) is 11.6. The van der Waals surface area contributed by atoms with E-state index in [9.17, 15) is 5.11 Å². The van der Waals surface area contributed by atoms with E-state index < -0.39 is 6.10 Å². The van der Waals surface area contributed by atoms with Crippen LogP contribution in [-0.4, -0.2) is 48.9 Å². The third-order valence-corrected chi connectivity index (χ3v) is 2.98. The first-order valence-electron chi connectivity index (χ1n) is 7.25. The standard InChI is InChI=1S/C17H24O5/c1-21-13-14(8-9-18)4-2-7-17(20)15-5-3-6-16(12-15)22-11-10-19/h2-3,5-6,12,17-20H,7-11,13H2,1H3/t4?,17-/m0/s1. The van der Waals surface area contributed by atoms with Gasteiger partial charge in [-0.1, -0.05) is 12.1 Å². The van der Waals surface area contributed by atoms with Gasteiger partial charge in [-0.2, -0.15) is 0 Å². The van der Waals surface area contributed by atoms with Crippen LogP contribution in [0.25, 0.3) is 0 Å². The van der Waals surface area contributed by atoms with Gasteiger partial charge in [0.15, 0.2) is 0 Å². The number of hydrogen-bond donors (Lipinski definition) is 3. The molecule has 3 N–H and O–H groups in total. The first-order chi connectivity index (χ1) is 10.7. The lowest BCUT2D eigenvalue weighted by molar-refractivity contribution is 0.179. The molecular weight excluding hydrogens is 284 g/mol. The summed E-state index contributed by atoms with van der Waals surface area (Å²) >= 11 is 0. The van der Waals surface area contributed by atoms with Crippen molar-refractivity contribution >= 4 is 0 Å². The van der Waals surface area contributed by atoms with Gasteiger partial charge in [0.25, 0.3) is 0 Å². The van der Waals surface area contributed by atoms with Crippen molar-refractivity contribution in [3.8, 4) is 5.75 Å². The van der Waals surface area contributed by atoms with Crippen LogP contribution in [0.4, 0.5) is 0 Å². The smallest absolute Gasteiger partial charge is 0.119 e. The number of ether oxygens (including phenoxy) is 2. The Labute approximate surface area is 131 Å². The molecule has 0 aliphatic heterocycles. The molecule has 0 heterocycles. The van der Waals surface area contributed by atoms with Crippen LogP contribution in [0, 0.1) is 0 Å². The van der Waals surface area contributed by atoms with Crippen molar-refractivity contribution in [2.45, 2.75) is 18.9 Å². The predicted molar refractivity (Wildman–Crippen MR) is 83.8 cm³/mol. The molecule has 0 aromatic heterocycles. The maximum atomic E-state index is 10.2. The second-order valence-corrected chi connectivity index (χ2v) is 4.75. The van der Waals surface area contributed by atoms with Crippen molar-refractivity contribution in [2.24, 2.45) is 0 Å². The molecule has 1 atom stereocenters. The average Bonchev–Trinajstić information content (AvgIpc) is 2.53. The molecule has 0 spiro atoms. The topological polar surface area (TPSA) is 79.2 Å². The SMILES string of the molecule is COCC(=C=CC[C@H](O)c1cccc(OCCO)c1)CCO. The van der Waals surface area contributed by atoms with Gasteiger partial charge in [0, 0.05) is 26.6 Å². The summed E-state index contributed by atoms with van der Waals surface area (Å²) in [6, 6.07) is 7.14. The predicted octanol–water partition coefficient (Wildman–Crippen LogP) is 1.59. The van der Waals surface area contributed by atoms with E-state index in [1.807, 2.05) is 6.07 Å². The third-order valence-electron chi connectivity index (χ3n) is 2.98. The highest BCUT2D eigenvalue weighted by Gasteiger charge is 2.06. The van der Waals surface area contributed by atoms with Gasteiger partial charge in [-0.3, -0.25) is 0 Å². The summed E-state index contributed by atoms with van der Waals surface area (Å²) in [6.07, 6.45) is 1.99. The minimum Gasteiger partial charge on any atom is -0.491 e. The highest BCUT2D eigenvalue weighted by atomic mass is 16.5. The molecule has 1 aromatic carbocycles. The molecule has 0 bridgehead atoms. The molecule has 0 radical (unpaired) electrons. The second-order valence-electron chi connectivity index (χ2n) is 4.75. The summed E-state index contributed by atoms with van der Waals surface area (Å²) in [4.78, 5) is 0. The fourth-order valence-corrected chi connectivity index (χ4v) is 1.92. The maximum absolute atomic E-state index is 10.2. The zero-order valence-corrected chi connectivity index (χ0v) is 12.9. The van der Waals surface area contributed by atoms with Crippen LogP contribution in [0.3, 0.4) is 0 Å². The number of benzene rings is 1. The van der Waals surface area contributed by atoms with Crippen LogP contribution in [0.5, 0.6) is 5.75 Å². The summed E-state index contributed by atoms with van der Waals surface area (Å²) in [6.45, 7) is 0.640. The Balaban J connectivity index is 2.67. The molecule has 0 aliphatic rings. The van der Waals surface area contributed by atoms with Crippen LogP contribution in [-0.2, 0) is 4.74 Å². The zero-order valence-electron chi connectivity index (χ0n) is 12.9. The van der Waals surface area contributed by atoms with E-state index in [0.29, 0.717) is 25.2 Å². The molecule has 0 aliphatic carbocycles. The molecule has 1 rings (SSSR count). The van der Waals surface area contributed by atoms with Crippen LogP contribution >= 0.6 is 0 Å². The van der Waals surface area contributed by atoms with Crippen molar-refractivity contribution in [3.63, 3.8) is 0 Å². The van der Waals surface area contributed by atoms with Gasteiger partial charge in [0.1, 0.15) is 12.4 Å². The van der Waals surface area contributed by atoms with Crippen molar-refractivity contribution in [3.05, 3.63) is 47.2 Å². The summed E-state index contributed by atoms with van der Waals surface area (Å²) in [7, 11) is 1.59. The van der Waals surface area contributed by atoms with E-state index in [4.69, 9.17) is 19.7 Å². The monoisotopic (exact) mass is 308 g/mol. The van der Waals surface area contributed by atoms with E-state index in [0.717, 1.165) is 11.1 Å². The Morgan fingerprint density at radius 3 is 2.82 bits per heavy atom. The van der Waals surface area contributed by atoms with E-state index in [2.05, 4.69) is 5.73 Å². The van der Waals surface area contributed by atoms with Crippen LogP contribution in [0.2, 0.25) is 0 Å². The Kier molecular flexibility index (Phi) is 9.23. The molecule has 0 fully saturated rings. The molecule has 5 heteroatoms. The Morgan fingerprint density at radius 2 is 2.14 bits per heavy atom. The van der Waals surface area contributed by atoms with Gasteiger partial charge in [-0.25, -0.2) is 0 Å². The first kappa shape index (κ1) is 18.4. The van der Waals surface area contributed by atoms with Gasteiger partial charge in [0.2, 0.25) is 0 Å². The van der Waals surface area contributed by atoms with Gasteiger partial charge in [-0.15, -0.1) is 5.73 Å². The van der Waals surface area contributed by atoms with E-state index in [-0.39, 0.29) is 19.8 Å². The minimum absolute atomic E-state index is 0.0479. The molecule has 122 valence electrons. The van der Waals surface area contributed by atoms with Crippen molar-refractivity contribution < 1.29 is 24.8 Å². The van der Waals surface area contributed by atoms with Gasteiger partial charge in [-0.05, 0) is 29.3 Å². The summed E-state index contributed by atoms with van der Waals surface area (Å²) in [5.74, 6) is 0.616. The fourth-order valence-electron chi connectivity index (χ4n) is 1.92.